The molecule has 10 heterocycles. The number of benzene rings is 1. The highest BCUT2D eigenvalue weighted by Crippen LogP contribution is 2.24. The van der Waals surface area contributed by atoms with E-state index in [1.807, 2.05) is 79.7 Å². The van der Waals surface area contributed by atoms with Crippen LogP contribution in [0.3, 0.4) is 0 Å². The molecule has 0 aliphatic carbocycles. The van der Waals surface area contributed by atoms with E-state index in [2.05, 4.69) is 112 Å². The van der Waals surface area contributed by atoms with E-state index < -0.39 is 0 Å². The van der Waals surface area contributed by atoms with E-state index in [9.17, 15) is 28.8 Å². The molecule has 5 unspecified atom stereocenters. The zero-order chi connectivity index (χ0) is 61.7. The molecule has 2 fully saturated rings. The first-order chi connectivity index (χ1) is 40.4. The maximum atomic E-state index is 12.4. The van der Waals surface area contributed by atoms with Crippen LogP contribution in [0.1, 0.15) is 158 Å². The molecule has 8 aromatic heterocycles. The fourth-order valence-electron chi connectivity index (χ4n) is 9.48. The Morgan fingerprint density at radius 1 is 0.588 bits per heavy atom. The standard InChI is InChI=1S/C20H25N5O.C14H17N5O2.C13H15N5O2.C12H17N5O/c1-5-7-8-15(6-2)20(26)21-17-11-9-16(10-12-17)18-22-19-13(3)14(4)23-25(19)24-18;1-7-5-11(20)18(14(7)21)6-8(2)12-15-13-9(3)10(4)16-19(13)17-12;1-7(6-17-10(19)4-5-11(17)20)12-14-13-8(2)9(3)15-18(13)16-12;1-5-10(18)13-6-7(2)11-14-12-8(3)9(4)15-17(12)16-11/h9-12,15H,3,5-8H2,1-2,4H3,(H,21,26);7-8H,3,5-6H2,1-2,4H3;7H,2,4-6H2,1,3H3;7H,3,5-6H2,1-2,4H3,(H,13,18). The number of unbranched alkanes of at least 4 members (excludes halogenated alkanes) is 1. The minimum absolute atomic E-state index is 0.0341. The van der Waals surface area contributed by atoms with E-state index in [4.69, 9.17) is 0 Å². The van der Waals surface area contributed by atoms with Gasteiger partial charge in [0.1, 0.15) is 0 Å². The summed E-state index contributed by atoms with van der Waals surface area (Å²) in [6, 6.07) is 7.59. The Bertz CT molecular complexity index is 4130. The maximum absolute atomic E-state index is 12.4. The number of nitrogens with zero attached hydrogens (tertiary/aromatic N) is 18. The molecular weight excluding hydrogens is 1080 g/mol. The Labute approximate surface area is 490 Å². The second kappa shape index (κ2) is 26.1. The minimum Gasteiger partial charge on any atom is -0.355 e. The van der Waals surface area contributed by atoms with Crippen LogP contribution < -0.4 is 31.5 Å². The zero-order valence-electron chi connectivity index (χ0n) is 50.3. The van der Waals surface area contributed by atoms with E-state index in [1.54, 1.807) is 6.92 Å². The molecule has 2 N–H and O–H groups in total. The number of aryl methyl sites for hydroxylation is 4. The lowest BCUT2D eigenvalue weighted by Crippen LogP contribution is -2.34. The number of fused-ring (bicyclic) bond motifs is 4. The van der Waals surface area contributed by atoms with Crippen molar-refractivity contribution in [2.24, 2.45) is 11.8 Å². The molecule has 11 rings (SSSR count). The third-order valence-corrected chi connectivity index (χ3v) is 15.2. The van der Waals surface area contributed by atoms with Crippen molar-refractivity contribution in [3.05, 3.63) is 85.4 Å². The Kier molecular flexibility index (Phi) is 18.9. The molecule has 0 spiro atoms. The van der Waals surface area contributed by atoms with Crippen LogP contribution in [0.15, 0.2) is 24.3 Å². The number of likely N-dealkylation sites (tertiary alicyclic amines) is 2. The van der Waals surface area contributed by atoms with Gasteiger partial charge in [0.25, 0.3) is 0 Å². The van der Waals surface area contributed by atoms with Gasteiger partial charge >= 0.3 is 0 Å². The van der Waals surface area contributed by atoms with Gasteiger partial charge in [-0.3, -0.25) is 38.6 Å². The van der Waals surface area contributed by atoms with Crippen molar-refractivity contribution >= 4 is 90.0 Å². The number of carbonyl (C=O) groups excluding carboxylic acids is 6. The third-order valence-electron chi connectivity index (χ3n) is 15.2. The van der Waals surface area contributed by atoms with Crippen LogP contribution in [0.25, 0.3) is 60.3 Å². The van der Waals surface area contributed by atoms with Crippen LogP contribution in [0.4, 0.5) is 5.69 Å². The summed E-state index contributed by atoms with van der Waals surface area (Å²) in [5.74, 6) is 1.72. The smallest absolute Gasteiger partial charge is 0.232 e. The maximum Gasteiger partial charge on any atom is 0.232 e. The number of hydrogen-bond acceptors (Lipinski definition) is 18. The average molecular weight is 1160 g/mol. The molecule has 6 amide bonds. The summed E-state index contributed by atoms with van der Waals surface area (Å²) >= 11 is 0. The predicted molar refractivity (Wildman–Crippen MR) is 317 cm³/mol. The third kappa shape index (κ3) is 13.5. The lowest BCUT2D eigenvalue weighted by atomic mass is 9.98. The molecule has 2 saturated heterocycles. The first-order valence-corrected chi connectivity index (χ1v) is 28.7. The molecule has 1 aromatic carbocycles. The van der Waals surface area contributed by atoms with Gasteiger partial charge in [-0.15, -0.1) is 38.9 Å². The van der Waals surface area contributed by atoms with Crippen LogP contribution in [0.2, 0.25) is 0 Å². The van der Waals surface area contributed by atoms with Crippen LogP contribution in [-0.2, 0) is 28.8 Å². The number of carbonyl (C=O) groups is 6. The summed E-state index contributed by atoms with van der Waals surface area (Å²) in [6.45, 7) is 37.9. The SMILES string of the molecule is C=c1c(C)nn2nc(-c3ccc(NC(=O)C(CC)CCCC)cc3)nc12.C=c1c(C)nn2nc(C(C)CN3C(=O)CC(C)C3=O)nc12.C=c1c(C)nn2nc(C(C)CN3C(=O)CCC3=O)nc12.C=c1c(C)nn2nc(C(C)CNC(=O)CC)nc12. The highest BCUT2D eigenvalue weighted by Gasteiger charge is 2.37. The van der Waals surface area contributed by atoms with Gasteiger partial charge in [0.15, 0.2) is 45.9 Å². The first kappa shape index (κ1) is 61.7. The van der Waals surface area contributed by atoms with E-state index in [0.29, 0.717) is 91.2 Å². The number of anilines is 1. The minimum atomic E-state index is -0.225. The van der Waals surface area contributed by atoms with Gasteiger partial charge < -0.3 is 10.6 Å². The Balaban J connectivity index is 0.000000149. The van der Waals surface area contributed by atoms with Gasteiger partial charge in [-0.1, -0.05) is 87.6 Å². The fourth-order valence-corrected chi connectivity index (χ4v) is 9.48. The van der Waals surface area contributed by atoms with Crippen LogP contribution in [0.5, 0.6) is 0 Å². The van der Waals surface area contributed by atoms with Crippen molar-refractivity contribution in [3.63, 3.8) is 0 Å². The second-order valence-corrected chi connectivity index (χ2v) is 21.9. The summed E-state index contributed by atoms with van der Waals surface area (Å²) in [5.41, 5.74) is 7.55. The van der Waals surface area contributed by atoms with Gasteiger partial charge in [0.2, 0.25) is 35.4 Å². The van der Waals surface area contributed by atoms with Crippen molar-refractivity contribution < 1.29 is 28.8 Å². The summed E-state index contributed by atoms with van der Waals surface area (Å²) < 4.78 is 5.93. The van der Waals surface area contributed by atoms with E-state index >= 15 is 0 Å². The van der Waals surface area contributed by atoms with Gasteiger partial charge in [-0.2, -0.15) is 20.4 Å². The number of nitrogens with one attached hydrogen (secondary N) is 2. The molecule has 26 nitrogen and oxygen atoms in total. The molecule has 2 aliphatic rings. The average Bonchev–Trinajstić information content (AvgIpc) is 4.59. The van der Waals surface area contributed by atoms with Gasteiger partial charge in [-0.25, -0.2) is 19.9 Å². The number of hydrogen-bond donors (Lipinski definition) is 2. The molecule has 0 bridgehead atoms. The molecular formula is C59H74N20O6. The molecule has 0 saturated carbocycles. The second-order valence-electron chi connectivity index (χ2n) is 21.9. The molecule has 9 aromatic rings. The fraction of sp³-hybridized carbons (Fsp3) is 0.458. The molecule has 85 heavy (non-hydrogen) atoms. The lowest BCUT2D eigenvalue weighted by molar-refractivity contribution is -0.140. The van der Waals surface area contributed by atoms with Crippen LogP contribution >= 0.6 is 0 Å². The van der Waals surface area contributed by atoms with E-state index in [1.165, 1.54) is 28.3 Å². The molecule has 5 atom stereocenters. The largest absolute Gasteiger partial charge is 0.355 e. The summed E-state index contributed by atoms with van der Waals surface area (Å²) in [4.78, 5) is 90.9. The summed E-state index contributed by atoms with van der Waals surface area (Å²) in [6.07, 6.45) is 5.37. The van der Waals surface area contributed by atoms with E-state index in [-0.39, 0.29) is 65.0 Å². The molecule has 446 valence electrons. The normalized spacial score (nSPS) is 15.7. The van der Waals surface area contributed by atoms with Crippen molar-refractivity contribution in [1.29, 1.82) is 0 Å². The molecule has 0 radical (unpaired) electrons. The van der Waals surface area contributed by atoms with Crippen molar-refractivity contribution in [1.82, 2.24) is 94.4 Å². The number of amides is 6. The first-order valence-electron chi connectivity index (χ1n) is 28.7. The number of imide groups is 2. The van der Waals surface area contributed by atoms with Crippen molar-refractivity contribution in [2.45, 2.75) is 145 Å². The highest BCUT2D eigenvalue weighted by atomic mass is 16.2. The van der Waals surface area contributed by atoms with Gasteiger partial charge in [0, 0.05) is 107 Å². The quantitative estimate of drug-likeness (QED) is 0.123. The van der Waals surface area contributed by atoms with E-state index in [0.717, 1.165) is 80.6 Å². The molecule has 2 aliphatic heterocycles. The molecule has 26 heteroatoms. The number of aromatic nitrogens is 16. The Morgan fingerprint density at radius 3 is 1.42 bits per heavy atom. The Morgan fingerprint density at radius 2 is 1.02 bits per heavy atom. The Hall–Kier alpha value is -9.36. The topological polar surface area (TPSA) is 305 Å². The summed E-state index contributed by atoms with van der Waals surface area (Å²) in [5, 5.41) is 43.2. The van der Waals surface area contributed by atoms with Crippen LogP contribution in [-0.4, -0.2) is 144 Å². The lowest BCUT2D eigenvalue weighted by Gasteiger charge is -2.17. The number of rotatable bonds is 17. The van der Waals surface area contributed by atoms with Crippen molar-refractivity contribution in [2.75, 3.05) is 25.0 Å². The predicted octanol–water partition coefficient (Wildman–Crippen LogP) is 3.45. The van der Waals surface area contributed by atoms with Crippen molar-refractivity contribution in [3.8, 4) is 11.4 Å². The summed E-state index contributed by atoms with van der Waals surface area (Å²) in [7, 11) is 0. The highest BCUT2D eigenvalue weighted by molar-refractivity contribution is 6.03. The van der Waals surface area contributed by atoms with Crippen LogP contribution in [0, 0.1) is 39.5 Å². The zero-order valence-corrected chi connectivity index (χ0v) is 50.3. The monoisotopic (exact) mass is 1160 g/mol. The van der Waals surface area contributed by atoms with Gasteiger partial charge in [0.05, 0.1) is 22.8 Å². The van der Waals surface area contributed by atoms with Gasteiger partial charge in [-0.05, 0) is 64.8 Å².